The summed E-state index contributed by atoms with van der Waals surface area (Å²) in [6.45, 7) is 1.97. The van der Waals surface area contributed by atoms with E-state index in [1.807, 2.05) is 37.3 Å². The molecule has 0 spiro atoms. The first-order valence-corrected chi connectivity index (χ1v) is 10.0. The van der Waals surface area contributed by atoms with Crippen LogP contribution in [0.25, 0.3) is 55.8 Å². The maximum Gasteiger partial charge on any atom is 0.178 e. The van der Waals surface area contributed by atoms with Gasteiger partial charge in [0.2, 0.25) is 0 Å². The van der Waals surface area contributed by atoms with Crippen molar-refractivity contribution in [3.8, 4) is 33.8 Å². The first-order valence-electron chi connectivity index (χ1n) is 10.0. The molecule has 0 saturated carbocycles. The fourth-order valence-electron chi connectivity index (χ4n) is 3.98. The lowest BCUT2D eigenvalue weighted by atomic mass is 10.0. The molecule has 32 heavy (non-hydrogen) atoms. The molecular weight excluding hydrogens is 405 g/mol. The Kier molecular flexibility index (Phi) is 4.04. The molecule has 6 aromatic rings. The summed E-state index contributed by atoms with van der Waals surface area (Å²) in [6.07, 6.45) is 8.66. The first-order chi connectivity index (χ1) is 15.7. The van der Waals surface area contributed by atoms with E-state index < -0.39 is 5.82 Å². The zero-order chi connectivity index (χ0) is 21.7. The Morgan fingerprint density at radius 3 is 2.56 bits per heavy atom. The number of aromatic nitrogens is 7. The van der Waals surface area contributed by atoms with E-state index in [9.17, 15) is 4.39 Å². The number of rotatable bonds is 3. The van der Waals surface area contributed by atoms with Gasteiger partial charge in [0, 0.05) is 47.5 Å². The zero-order valence-electron chi connectivity index (χ0n) is 17.0. The van der Waals surface area contributed by atoms with Crippen LogP contribution in [0.2, 0.25) is 0 Å². The number of imidazole rings is 1. The predicted molar refractivity (Wildman–Crippen MR) is 120 cm³/mol. The molecule has 0 aliphatic rings. The molecule has 0 aliphatic carbocycles. The van der Waals surface area contributed by atoms with Gasteiger partial charge in [-0.3, -0.25) is 15.1 Å². The molecule has 2 N–H and O–H groups in total. The highest BCUT2D eigenvalue weighted by molar-refractivity contribution is 5.97. The minimum absolute atomic E-state index is 0.257. The number of hydrogen-bond donors (Lipinski definition) is 2. The number of benzene rings is 1. The Hall–Kier alpha value is -4.46. The largest absolute Gasteiger partial charge is 0.335 e. The van der Waals surface area contributed by atoms with Crippen molar-refractivity contribution >= 4 is 22.1 Å². The Bertz CT molecular complexity index is 1600. The molecule has 0 fully saturated rings. The number of nitrogens with one attached hydrogen (secondary N) is 2. The molecule has 0 bridgehead atoms. The SMILES string of the molecule is Cc1ccncc1-c1cc(F)c2n[nH]c(-c3nc4nccc(-c5ccncc5)c4[nH]3)c2c1. The molecule has 1 aromatic carbocycles. The van der Waals surface area contributed by atoms with E-state index in [0.717, 1.165) is 33.3 Å². The highest BCUT2D eigenvalue weighted by atomic mass is 19.1. The molecule has 0 saturated heterocycles. The van der Waals surface area contributed by atoms with E-state index in [1.165, 1.54) is 6.07 Å². The van der Waals surface area contributed by atoms with Crippen molar-refractivity contribution < 1.29 is 4.39 Å². The van der Waals surface area contributed by atoms with Crippen LogP contribution < -0.4 is 0 Å². The van der Waals surface area contributed by atoms with Crippen LogP contribution in [0, 0.1) is 12.7 Å². The highest BCUT2D eigenvalue weighted by Crippen LogP contribution is 2.34. The monoisotopic (exact) mass is 421 g/mol. The average Bonchev–Trinajstić information content (AvgIpc) is 3.44. The van der Waals surface area contributed by atoms with Crippen molar-refractivity contribution in [1.82, 2.24) is 35.1 Å². The summed E-state index contributed by atoms with van der Waals surface area (Å²) in [5, 5.41) is 7.78. The lowest BCUT2D eigenvalue weighted by molar-refractivity contribution is 0.636. The van der Waals surface area contributed by atoms with Crippen LogP contribution in [0.4, 0.5) is 4.39 Å². The zero-order valence-corrected chi connectivity index (χ0v) is 17.0. The van der Waals surface area contributed by atoms with Crippen molar-refractivity contribution in [3.05, 3.63) is 78.8 Å². The number of aryl methyl sites for hydroxylation is 1. The van der Waals surface area contributed by atoms with Gasteiger partial charge in [-0.15, -0.1) is 0 Å². The Morgan fingerprint density at radius 1 is 0.875 bits per heavy atom. The van der Waals surface area contributed by atoms with E-state index in [2.05, 4.69) is 35.1 Å². The molecule has 6 rings (SSSR count). The van der Waals surface area contributed by atoms with Gasteiger partial charge < -0.3 is 4.98 Å². The molecule has 154 valence electrons. The minimum atomic E-state index is -0.407. The van der Waals surface area contributed by atoms with Gasteiger partial charge >= 0.3 is 0 Å². The van der Waals surface area contributed by atoms with Crippen molar-refractivity contribution in [2.45, 2.75) is 6.92 Å². The highest BCUT2D eigenvalue weighted by Gasteiger charge is 2.18. The third-order valence-corrected chi connectivity index (χ3v) is 5.58. The maximum atomic E-state index is 14.9. The molecule has 0 radical (unpaired) electrons. The topological polar surface area (TPSA) is 96.0 Å². The minimum Gasteiger partial charge on any atom is -0.335 e. The van der Waals surface area contributed by atoms with E-state index in [1.54, 1.807) is 31.0 Å². The van der Waals surface area contributed by atoms with Crippen LogP contribution >= 0.6 is 0 Å². The number of H-pyrrole nitrogens is 2. The number of aromatic amines is 2. The number of fused-ring (bicyclic) bond motifs is 2. The third-order valence-electron chi connectivity index (χ3n) is 5.58. The second kappa shape index (κ2) is 7.05. The third kappa shape index (κ3) is 2.84. The van der Waals surface area contributed by atoms with E-state index >= 15 is 0 Å². The molecule has 5 heterocycles. The quantitative estimate of drug-likeness (QED) is 0.416. The number of pyridine rings is 3. The van der Waals surface area contributed by atoms with Gasteiger partial charge in [0.15, 0.2) is 17.3 Å². The summed E-state index contributed by atoms with van der Waals surface area (Å²) in [5.74, 6) is 0.130. The molecule has 0 unspecified atom stereocenters. The lowest BCUT2D eigenvalue weighted by Gasteiger charge is -2.06. The smallest absolute Gasteiger partial charge is 0.178 e. The Balaban J connectivity index is 1.55. The van der Waals surface area contributed by atoms with Gasteiger partial charge in [-0.05, 0) is 60.0 Å². The van der Waals surface area contributed by atoms with Crippen LogP contribution in [-0.4, -0.2) is 35.1 Å². The summed E-state index contributed by atoms with van der Waals surface area (Å²) >= 11 is 0. The summed E-state index contributed by atoms with van der Waals surface area (Å²) in [5.41, 5.74) is 6.78. The van der Waals surface area contributed by atoms with Gasteiger partial charge in [0.1, 0.15) is 11.2 Å². The van der Waals surface area contributed by atoms with E-state index in [-0.39, 0.29) is 5.52 Å². The van der Waals surface area contributed by atoms with Gasteiger partial charge in [-0.2, -0.15) is 5.10 Å². The van der Waals surface area contributed by atoms with Crippen LogP contribution in [0.15, 0.2) is 67.4 Å². The first kappa shape index (κ1) is 18.3. The fourth-order valence-corrected chi connectivity index (χ4v) is 3.98. The molecule has 8 heteroatoms. The summed E-state index contributed by atoms with van der Waals surface area (Å²) < 4.78 is 14.9. The van der Waals surface area contributed by atoms with Crippen molar-refractivity contribution in [1.29, 1.82) is 0 Å². The second-order valence-corrected chi connectivity index (χ2v) is 7.52. The van der Waals surface area contributed by atoms with Gasteiger partial charge in [-0.25, -0.2) is 14.4 Å². The lowest BCUT2D eigenvalue weighted by Crippen LogP contribution is -1.88. The average molecular weight is 421 g/mol. The Morgan fingerprint density at radius 2 is 1.72 bits per heavy atom. The fraction of sp³-hybridized carbons (Fsp3) is 0.0417. The summed E-state index contributed by atoms with van der Waals surface area (Å²) in [6, 6.07) is 11.1. The van der Waals surface area contributed by atoms with E-state index in [4.69, 9.17) is 0 Å². The summed E-state index contributed by atoms with van der Waals surface area (Å²) in [7, 11) is 0. The second-order valence-electron chi connectivity index (χ2n) is 7.52. The van der Waals surface area contributed by atoms with Crippen molar-refractivity contribution in [3.63, 3.8) is 0 Å². The van der Waals surface area contributed by atoms with Crippen LogP contribution in [0.3, 0.4) is 0 Å². The Labute approximate surface area is 181 Å². The molecule has 7 nitrogen and oxygen atoms in total. The van der Waals surface area contributed by atoms with Crippen molar-refractivity contribution in [2.75, 3.05) is 0 Å². The number of nitrogens with zero attached hydrogens (tertiary/aromatic N) is 5. The molecule has 0 aliphatic heterocycles. The molecular formula is C24H16FN7. The van der Waals surface area contributed by atoms with Gasteiger partial charge in [0.05, 0.1) is 5.52 Å². The standard InChI is InChI=1S/C24H16FN7/c1-13-2-6-27-12-18(13)15-10-17-20(19(25)11-15)31-32-22(17)24-29-21-16(5-9-28-23(21)30-24)14-3-7-26-8-4-14/h2-12H,1H3,(H,31,32)(H,28,29,30). The van der Waals surface area contributed by atoms with E-state index in [0.29, 0.717) is 22.6 Å². The number of hydrogen-bond acceptors (Lipinski definition) is 5. The van der Waals surface area contributed by atoms with Crippen LogP contribution in [0.1, 0.15) is 5.56 Å². The normalized spacial score (nSPS) is 11.4. The maximum absolute atomic E-state index is 14.9. The van der Waals surface area contributed by atoms with Crippen LogP contribution in [-0.2, 0) is 0 Å². The number of halogens is 1. The molecule has 5 aromatic heterocycles. The molecule has 0 atom stereocenters. The van der Waals surface area contributed by atoms with Gasteiger partial charge in [0.25, 0.3) is 0 Å². The van der Waals surface area contributed by atoms with Gasteiger partial charge in [-0.1, -0.05) is 0 Å². The molecule has 0 amide bonds. The predicted octanol–water partition coefficient (Wildman–Crippen LogP) is 5.07. The van der Waals surface area contributed by atoms with Crippen LogP contribution in [0.5, 0.6) is 0 Å². The summed E-state index contributed by atoms with van der Waals surface area (Å²) in [4.78, 5) is 20.7. The van der Waals surface area contributed by atoms with Crippen molar-refractivity contribution in [2.24, 2.45) is 0 Å².